The van der Waals surface area contributed by atoms with Crippen molar-refractivity contribution in [3.05, 3.63) is 71.9 Å². The molecule has 0 aliphatic carbocycles. The molecular formula is C25H21N5O2. The van der Waals surface area contributed by atoms with Gasteiger partial charge in [-0.05, 0) is 42.7 Å². The molecule has 3 aromatic heterocycles. The lowest BCUT2D eigenvalue weighted by Crippen LogP contribution is -2.24. The van der Waals surface area contributed by atoms with Crippen LogP contribution in [0, 0.1) is 0 Å². The Balaban J connectivity index is 1.55. The second kappa shape index (κ2) is 6.95. The number of anilines is 2. The average Bonchev–Trinajstić information content (AvgIpc) is 3.39. The first-order valence-electron chi connectivity index (χ1n) is 10.6. The SMILES string of the molecule is Cn1nc(-c2cc3nccc(C(=O)O)c3[nH]2)c2cccc(N3CCCc4ccccc43)c21. The second-order valence-electron chi connectivity index (χ2n) is 8.14. The van der Waals surface area contributed by atoms with Crippen molar-refractivity contribution in [1.82, 2.24) is 19.7 Å². The van der Waals surface area contributed by atoms with E-state index in [0.717, 1.165) is 47.4 Å². The number of hydrogen-bond acceptors (Lipinski definition) is 4. The number of para-hydroxylation sites is 2. The number of carboxylic acids is 1. The molecule has 32 heavy (non-hydrogen) atoms. The minimum absolute atomic E-state index is 0.201. The van der Waals surface area contributed by atoms with E-state index in [4.69, 9.17) is 5.10 Å². The molecule has 0 unspecified atom stereocenters. The van der Waals surface area contributed by atoms with Crippen LogP contribution in [0.15, 0.2) is 60.8 Å². The number of aromatic amines is 1. The highest BCUT2D eigenvalue weighted by atomic mass is 16.4. The predicted molar refractivity (Wildman–Crippen MR) is 125 cm³/mol. The zero-order chi connectivity index (χ0) is 21.8. The predicted octanol–water partition coefficient (Wildman–Crippen LogP) is 4.90. The number of carboxylic acid groups (broad SMARTS) is 1. The van der Waals surface area contributed by atoms with Crippen LogP contribution in [0.5, 0.6) is 0 Å². The molecule has 0 atom stereocenters. The van der Waals surface area contributed by atoms with Gasteiger partial charge in [-0.15, -0.1) is 0 Å². The number of hydrogen-bond donors (Lipinski definition) is 2. The molecule has 0 bridgehead atoms. The molecule has 6 rings (SSSR count). The van der Waals surface area contributed by atoms with E-state index in [1.165, 1.54) is 23.5 Å². The summed E-state index contributed by atoms with van der Waals surface area (Å²) in [6.07, 6.45) is 3.71. The van der Waals surface area contributed by atoms with Gasteiger partial charge >= 0.3 is 5.97 Å². The molecule has 0 saturated heterocycles. The summed E-state index contributed by atoms with van der Waals surface area (Å²) in [4.78, 5) is 21.6. The van der Waals surface area contributed by atoms with Crippen LogP contribution in [0.4, 0.5) is 11.4 Å². The van der Waals surface area contributed by atoms with Crippen molar-refractivity contribution in [3.8, 4) is 11.4 Å². The standard InChI is InChI=1S/C25H21N5O2/c1-29-24-16(8-4-10-21(24)30-13-5-7-15-6-2-3-9-20(15)30)23(28-29)19-14-18-22(27-19)17(25(31)32)11-12-26-18/h2-4,6,8-12,14,27H,5,7,13H2,1H3,(H,31,32). The van der Waals surface area contributed by atoms with Gasteiger partial charge in [-0.2, -0.15) is 5.10 Å². The third-order valence-electron chi connectivity index (χ3n) is 6.25. The molecule has 4 heterocycles. The molecule has 5 aromatic rings. The molecule has 0 fully saturated rings. The molecule has 1 aliphatic rings. The molecule has 7 nitrogen and oxygen atoms in total. The largest absolute Gasteiger partial charge is 0.478 e. The van der Waals surface area contributed by atoms with E-state index in [0.29, 0.717) is 11.0 Å². The van der Waals surface area contributed by atoms with Gasteiger partial charge in [0.25, 0.3) is 0 Å². The maximum absolute atomic E-state index is 11.6. The Morgan fingerprint density at radius 1 is 1.09 bits per heavy atom. The van der Waals surface area contributed by atoms with E-state index in [1.807, 2.05) is 17.8 Å². The second-order valence-corrected chi connectivity index (χ2v) is 8.14. The molecule has 0 amide bonds. The maximum Gasteiger partial charge on any atom is 0.337 e. The summed E-state index contributed by atoms with van der Waals surface area (Å²) in [5, 5.41) is 15.4. The molecule has 2 N–H and O–H groups in total. The summed E-state index contributed by atoms with van der Waals surface area (Å²) in [5.74, 6) is -0.984. The molecule has 158 valence electrons. The topological polar surface area (TPSA) is 87.0 Å². The van der Waals surface area contributed by atoms with Crippen molar-refractivity contribution in [2.24, 2.45) is 7.05 Å². The smallest absolute Gasteiger partial charge is 0.337 e. The number of carbonyl (C=O) groups is 1. The van der Waals surface area contributed by atoms with Gasteiger partial charge in [0.15, 0.2) is 0 Å². The minimum atomic E-state index is -0.984. The number of benzene rings is 2. The van der Waals surface area contributed by atoms with Crippen LogP contribution < -0.4 is 4.90 Å². The van der Waals surface area contributed by atoms with Gasteiger partial charge in [-0.1, -0.05) is 30.3 Å². The third-order valence-corrected chi connectivity index (χ3v) is 6.25. The number of pyridine rings is 1. The molecule has 0 radical (unpaired) electrons. The average molecular weight is 423 g/mol. The molecule has 7 heteroatoms. The van der Waals surface area contributed by atoms with E-state index in [9.17, 15) is 9.90 Å². The van der Waals surface area contributed by atoms with Crippen molar-refractivity contribution >= 4 is 39.3 Å². The fourth-order valence-corrected chi connectivity index (χ4v) is 4.85. The van der Waals surface area contributed by atoms with Crippen molar-refractivity contribution in [2.45, 2.75) is 12.8 Å². The zero-order valence-electron chi connectivity index (χ0n) is 17.5. The maximum atomic E-state index is 11.6. The quantitative estimate of drug-likeness (QED) is 0.431. The van der Waals surface area contributed by atoms with Gasteiger partial charge in [0, 0.05) is 30.9 Å². The first-order chi connectivity index (χ1) is 15.6. The van der Waals surface area contributed by atoms with Gasteiger partial charge in [0.2, 0.25) is 0 Å². The Hall–Kier alpha value is -4.13. The number of aryl methyl sites for hydroxylation is 2. The summed E-state index contributed by atoms with van der Waals surface area (Å²) in [6.45, 7) is 0.953. The Morgan fingerprint density at radius 3 is 2.81 bits per heavy atom. The van der Waals surface area contributed by atoms with Gasteiger partial charge in [-0.3, -0.25) is 9.67 Å². The first-order valence-corrected chi connectivity index (χ1v) is 10.6. The van der Waals surface area contributed by atoms with E-state index in [2.05, 4.69) is 57.3 Å². The lowest BCUT2D eigenvalue weighted by atomic mass is 10.0. The summed E-state index contributed by atoms with van der Waals surface area (Å²) >= 11 is 0. The minimum Gasteiger partial charge on any atom is -0.478 e. The molecule has 1 aliphatic heterocycles. The number of aromatic carboxylic acids is 1. The van der Waals surface area contributed by atoms with Crippen molar-refractivity contribution in [3.63, 3.8) is 0 Å². The van der Waals surface area contributed by atoms with Crippen molar-refractivity contribution in [2.75, 3.05) is 11.4 Å². The van der Waals surface area contributed by atoms with Crippen LogP contribution in [0.3, 0.4) is 0 Å². The fourth-order valence-electron chi connectivity index (χ4n) is 4.85. The van der Waals surface area contributed by atoms with Gasteiger partial charge in [0.05, 0.1) is 33.5 Å². The third kappa shape index (κ3) is 2.71. The molecule has 0 spiro atoms. The Bertz CT molecular complexity index is 1510. The van der Waals surface area contributed by atoms with Crippen LogP contribution in [-0.4, -0.2) is 37.4 Å². The highest BCUT2D eigenvalue weighted by molar-refractivity contribution is 6.05. The summed E-state index contributed by atoms with van der Waals surface area (Å²) in [5.41, 5.74) is 7.63. The number of H-pyrrole nitrogens is 1. The van der Waals surface area contributed by atoms with E-state index < -0.39 is 5.97 Å². The Kier molecular flexibility index (Phi) is 4.04. The number of nitrogens with one attached hydrogen (secondary N) is 1. The number of aromatic nitrogens is 4. The lowest BCUT2D eigenvalue weighted by Gasteiger charge is -2.31. The van der Waals surface area contributed by atoms with Crippen LogP contribution in [0.2, 0.25) is 0 Å². The van der Waals surface area contributed by atoms with Crippen LogP contribution in [-0.2, 0) is 13.5 Å². The summed E-state index contributed by atoms with van der Waals surface area (Å²) in [6, 6.07) is 18.2. The number of nitrogens with zero attached hydrogens (tertiary/aromatic N) is 4. The van der Waals surface area contributed by atoms with Crippen LogP contribution in [0.1, 0.15) is 22.3 Å². The van der Waals surface area contributed by atoms with Gasteiger partial charge in [0.1, 0.15) is 5.69 Å². The number of rotatable bonds is 3. The normalized spacial score (nSPS) is 13.6. The van der Waals surface area contributed by atoms with Crippen molar-refractivity contribution in [1.29, 1.82) is 0 Å². The zero-order valence-corrected chi connectivity index (χ0v) is 17.5. The van der Waals surface area contributed by atoms with E-state index in [-0.39, 0.29) is 5.56 Å². The van der Waals surface area contributed by atoms with Crippen LogP contribution >= 0.6 is 0 Å². The lowest BCUT2D eigenvalue weighted by molar-refractivity contribution is 0.0698. The van der Waals surface area contributed by atoms with Crippen molar-refractivity contribution < 1.29 is 9.90 Å². The van der Waals surface area contributed by atoms with Gasteiger partial charge < -0.3 is 15.0 Å². The Morgan fingerprint density at radius 2 is 1.94 bits per heavy atom. The van der Waals surface area contributed by atoms with E-state index in [1.54, 1.807) is 0 Å². The first kappa shape index (κ1) is 18.6. The number of fused-ring (bicyclic) bond motifs is 3. The molecule has 0 saturated carbocycles. The van der Waals surface area contributed by atoms with Crippen LogP contribution in [0.25, 0.3) is 33.3 Å². The molecule has 2 aromatic carbocycles. The molecular weight excluding hydrogens is 402 g/mol. The van der Waals surface area contributed by atoms with Gasteiger partial charge in [-0.25, -0.2) is 4.79 Å². The highest BCUT2D eigenvalue weighted by Crippen LogP contribution is 2.39. The monoisotopic (exact) mass is 423 g/mol. The summed E-state index contributed by atoms with van der Waals surface area (Å²) in [7, 11) is 1.95. The van der Waals surface area contributed by atoms with E-state index >= 15 is 0 Å². The summed E-state index contributed by atoms with van der Waals surface area (Å²) < 4.78 is 1.91. The fraction of sp³-hybridized carbons (Fsp3) is 0.160. The highest BCUT2D eigenvalue weighted by Gasteiger charge is 2.23. The Labute approximate surface area is 183 Å².